The molecule has 7 heteroatoms. The van der Waals surface area contributed by atoms with Crippen molar-refractivity contribution in [1.82, 2.24) is 4.40 Å². The minimum Gasteiger partial charge on any atom is -0.504 e. The number of esters is 1. The number of methoxy groups -OCH3 is 1. The SMILES string of the molecule is CCOC(=O)c1c(-c2ccc(O)c(OC)c2)cn2c1c(=O)oc1ccccc12. The van der Waals surface area contributed by atoms with E-state index in [-0.39, 0.29) is 29.2 Å². The molecule has 0 fully saturated rings. The lowest BCUT2D eigenvalue weighted by atomic mass is 10.0. The summed E-state index contributed by atoms with van der Waals surface area (Å²) in [5.41, 5.74) is 1.66. The second-order valence-corrected chi connectivity index (χ2v) is 6.10. The van der Waals surface area contributed by atoms with E-state index in [4.69, 9.17) is 13.9 Å². The van der Waals surface area contributed by atoms with E-state index >= 15 is 0 Å². The van der Waals surface area contributed by atoms with Crippen LogP contribution in [-0.2, 0) is 4.74 Å². The van der Waals surface area contributed by atoms with Gasteiger partial charge in [-0.05, 0) is 36.8 Å². The maximum atomic E-state index is 12.7. The Kier molecular flexibility index (Phi) is 4.27. The molecule has 0 aliphatic heterocycles. The predicted octanol–water partition coefficient (Wildman–Crippen LogP) is 3.60. The Hall–Kier alpha value is -3.74. The molecule has 0 saturated carbocycles. The Morgan fingerprint density at radius 2 is 2.00 bits per heavy atom. The van der Waals surface area contributed by atoms with Crippen molar-refractivity contribution in [3.05, 3.63) is 64.6 Å². The highest BCUT2D eigenvalue weighted by Crippen LogP contribution is 2.35. The number of phenols is 1. The van der Waals surface area contributed by atoms with E-state index in [9.17, 15) is 14.7 Å². The Bertz CT molecular complexity index is 1270. The molecule has 0 unspecified atom stereocenters. The lowest BCUT2D eigenvalue weighted by molar-refractivity contribution is 0.0529. The molecule has 0 aliphatic carbocycles. The fraction of sp³-hybridized carbons (Fsp3) is 0.143. The number of fused-ring (bicyclic) bond motifs is 3. The molecule has 2 heterocycles. The van der Waals surface area contributed by atoms with Gasteiger partial charge >= 0.3 is 11.6 Å². The molecule has 0 spiro atoms. The van der Waals surface area contributed by atoms with Crippen LogP contribution < -0.4 is 10.4 Å². The van der Waals surface area contributed by atoms with Gasteiger partial charge in [-0.2, -0.15) is 0 Å². The van der Waals surface area contributed by atoms with Crippen molar-refractivity contribution >= 4 is 22.6 Å². The minimum atomic E-state index is -0.640. The number of phenolic OH excluding ortho intramolecular Hbond substituents is 1. The Morgan fingerprint density at radius 1 is 1.21 bits per heavy atom. The summed E-state index contributed by atoms with van der Waals surface area (Å²) in [5, 5.41) is 9.88. The number of ether oxygens (including phenoxy) is 2. The van der Waals surface area contributed by atoms with Gasteiger partial charge in [0.05, 0.1) is 19.2 Å². The first kappa shape index (κ1) is 17.7. The van der Waals surface area contributed by atoms with Crippen LogP contribution in [0.2, 0.25) is 0 Å². The number of hydrogen-bond acceptors (Lipinski definition) is 6. The van der Waals surface area contributed by atoms with Crippen LogP contribution in [0.3, 0.4) is 0 Å². The molecule has 0 amide bonds. The number of carbonyl (C=O) groups excluding carboxylic acids is 1. The normalized spacial score (nSPS) is 11.1. The van der Waals surface area contributed by atoms with Crippen molar-refractivity contribution in [2.45, 2.75) is 6.92 Å². The monoisotopic (exact) mass is 379 g/mol. The van der Waals surface area contributed by atoms with Crippen LogP contribution in [0.1, 0.15) is 17.3 Å². The molecule has 28 heavy (non-hydrogen) atoms. The van der Waals surface area contributed by atoms with Gasteiger partial charge in [-0.25, -0.2) is 9.59 Å². The van der Waals surface area contributed by atoms with Gasteiger partial charge in [0.15, 0.2) is 17.1 Å². The number of aromatic hydroxyl groups is 1. The summed E-state index contributed by atoms with van der Waals surface area (Å²) in [7, 11) is 1.43. The minimum absolute atomic E-state index is 0.0299. The average Bonchev–Trinajstić information content (AvgIpc) is 3.10. The van der Waals surface area contributed by atoms with Crippen LogP contribution in [0.25, 0.3) is 27.7 Å². The number of benzene rings is 2. The van der Waals surface area contributed by atoms with Gasteiger partial charge in [0.1, 0.15) is 11.1 Å². The van der Waals surface area contributed by atoms with Gasteiger partial charge < -0.3 is 23.4 Å². The predicted molar refractivity (Wildman–Crippen MR) is 103 cm³/mol. The fourth-order valence-electron chi connectivity index (χ4n) is 3.26. The summed E-state index contributed by atoms with van der Waals surface area (Å²) in [6, 6.07) is 11.8. The quantitative estimate of drug-likeness (QED) is 0.545. The molecule has 0 radical (unpaired) electrons. The molecule has 0 aliphatic rings. The lowest BCUT2D eigenvalue weighted by Gasteiger charge is -2.07. The number of nitrogens with zero attached hydrogens (tertiary/aromatic N) is 1. The highest BCUT2D eigenvalue weighted by molar-refractivity contribution is 6.05. The number of aromatic nitrogens is 1. The van der Waals surface area contributed by atoms with Crippen molar-refractivity contribution < 1.29 is 23.8 Å². The number of hydrogen-bond donors (Lipinski definition) is 1. The third-order valence-corrected chi connectivity index (χ3v) is 4.50. The zero-order chi connectivity index (χ0) is 19.8. The van der Waals surface area contributed by atoms with E-state index < -0.39 is 11.6 Å². The maximum absolute atomic E-state index is 12.7. The average molecular weight is 379 g/mol. The van der Waals surface area contributed by atoms with E-state index in [1.807, 2.05) is 6.07 Å². The van der Waals surface area contributed by atoms with Crippen LogP contribution in [0, 0.1) is 0 Å². The van der Waals surface area contributed by atoms with Gasteiger partial charge in [-0.1, -0.05) is 18.2 Å². The van der Waals surface area contributed by atoms with E-state index in [1.165, 1.54) is 13.2 Å². The number of rotatable bonds is 4. The Labute approximate surface area is 159 Å². The largest absolute Gasteiger partial charge is 0.504 e. The number of para-hydroxylation sites is 2. The molecule has 1 N–H and O–H groups in total. The first-order chi connectivity index (χ1) is 13.5. The van der Waals surface area contributed by atoms with Gasteiger partial charge in [0.2, 0.25) is 0 Å². The molecule has 4 rings (SSSR count). The summed E-state index contributed by atoms with van der Waals surface area (Å²) < 4.78 is 17.4. The van der Waals surface area contributed by atoms with Gasteiger partial charge in [-0.3, -0.25) is 0 Å². The van der Waals surface area contributed by atoms with Gasteiger partial charge in [0, 0.05) is 11.8 Å². The van der Waals surface area contributed by atoms with Crippen molar-refractivity contribution in [1.29, 1.82) is 0 Å². The lowest BCUT2D eigenvalue weighted by Crippen LogP contribution is -2.11. The summed E-state index contributed by atoms with van der Waals surface area (Å²) in [6.45, 7) is 1.85. The molecule has 0 bridgehead atoms. The van der Waals surface area contributed by atoms with Gasteiger partial charge in [0.25, 0.3) is 0 Å². The third-order valence-electron chi connectivity index (χ3n) is 4.50. The van der Waals surface area contributed by atoms with Gasteiger partial charge in [-0.15, -0.1) is 0 Å². The second kappa shape index (κ2) is 6.77. The maximum Gasteiger partial charge on any atom is 0.361 e. The summed E-state index contributed by atoms with van der Waals surface area (Å²) >= 11 is 0. The van der Waals surface area contributed by atoms with E-state index in [0.717, 1.165) is 0 Å². The molecule has 7 nitrogen and oxygen atoms in total. The standard InChI is InChI=1S/C21H17NO6/c1-3-27-20(24)18-13(12-8-9-15(23)17(10-12)26-2)11-22-14-6-4-5-7-16(14)28-21(25)19(18)22/h4-11,23H,3H2,1-2H3. The molecule has 142 valence electrons. The number of carbonyl (C=O) groups is 1. The molecule has 4 aromatic rings. The highest BCUT2D eigenvalue weighted by Gasteiger charge is 2.25. The molecule has 0 atom stereocenters. The van der Waals surface area contributed by atoms with Crippen LogP contribution in [0.4, 0.5) is 0 Å². The smallest absolute Gasteiger partial charge is 0.361 e. The first-order valence-electron chi connectivity index (χ1n) is 8.66. The summed E-state index contributed by atoms with van der Waals surface area (Å²) in [5.74, 6) is -0.410. The second-order valence-electron chi connectivity index (χ2n) is 6.10. The summed E-state index contributed by atoms with van der Waals surface area (Å²) in [4.78, 5) is 25.4. The topological polar surface area (TPSA) is 90.4 Å². The molecule has 0 saturated heterocycles. The fourth-order valence-corrected chi connectivity index (χ4v) is 3.26. The van der Waals surface area contributed by atoms with Crippen molar-refractivity contribution in [3.8, 4) is 22.6 Å². The van der Waals surface area contributed by atoms with E-state index in [2.05, 4.69) is 0 Å². The third kappa shape index (κ3) is 2.68. The molecule has 2 aromatic heterocycles. The zero-order valence-electron chi connectivity index (χ0n) is 15.3. The van der Waals surface area contributed by atoms with Crippen LogP contribution >= 0.6 is 0 Å². The summed E-state index contributed by atoms with van der Waals surface area (Å²) in [6.07, 6.45) is 1.69. The Morgan fingerprint density at radius 3 is 2.75 bits per heavy atom. The van der Waals surface area contributed by atoms with Crippen molar-refractivity contribution in [3.63, 3.8) is 0 Å². The van der Waals surface area contributed by atoms with Crippen LogP contribution in [-0.4, -0.2) is 29.2 Å². The molecule has 2 aromatic carbocycles. The zero-order valence-corrected chi connectivity index (χ0v) is 15.3. The molecular weight excluding hydrogens is 362 g/mol. The first-order valence-corrected chi connectivity index (χ1v) is 8.66. The van der Waals surface area contributed by atoms with Crippen LogP contribution in [0.15, 0.2) is 57.9 Å². The van der Waals surface area contributed by atoms with E-state index in [1.54, 1.807) is 47.9 Å². The van der Waals surface area contributed by atoms with E-state index in [0.29, 0.717) is 22.2 Å². The van der Waals surface area contributed by atoms with Crippen molar-refractivity contribution in [2.24, 2.45) is 0 Å². The highest BCUT2D eigenvalue weighted by atomic mass is 16.5. The Balaban J connectivity index is 2.12. The van der Waals surface area contributed by atoms with Crippen LogP contribution in [0.5, 0.6) is 11.5 Å². The molecular formula is C21H17NO6. The van der Waals surface area contributed by atoms with Crippen molar-refractivity contribution in [2.75, 3.05) is 13.7 Å².